The van der Waals surface area contributed by atoms with E-state index in [1.165, 1.54) is 22.3 Å². The van der Waals surface area contributed by atoms with Gasteiger partial charge in [0.2, 0.25) is 15.9 Å². The Kier molecular flexibility index (Phi) is 7.64. The number of rotatable bonds is 8. The average molecular weight is 484 g/mol. The van der Waals surface area contributed by atoms with Crippen LogP contribution in [-0.4, -0.2) is 42.5 Å². The second kappa shape index (κ2) is 10.8. The maximum Gasteiger partial charge on any atom is 0.244 e. The monoisotopic (exact) mass is 483 g/mol. The maximum atomic E-state index is 12.7. The Bertz CT molecular complexity index is 1180. The topological polar surface area (TPSA) is 88.6 Å². The summed E-state index contributed by atoms with van der Waals surface area (Å²) in [6.07, 6.45) is 4.20. The number of para-hydroxylation sites is 3. The quantitative estimate of drug-likeness (QED) is 0.464. The first-order chi connectivity index (χ1) is 16.0. The predicted octanol–water partition coefficient (Wildman–Crippen LogP) is 4.78. The van der Waals surface area contributed by atoms with Crippen LogP contribution in [0.1, 0.15) is 19.3 Å². The van der Waals surface area contributed by atoms with Crippen molar-refractivity contribution in [2.75, 3.05) is 24.2 Å². The molecule has 0 radical (unpaired) electrons. The van der Waals surface area contributed by atoms with Crippen molar-refractivity contribution in [1.29, 1.82) is 0 Å². The molecule has 1 aliphatic rings. The first kappa shape index (κ1) is 23.3. The van der Waals surface area contributed by atoms with E-state index >= 15 is 0 Å². The van der Waals surface area contributed by atoms with Crippen molar-refractivity contribution in [2.45, 2.75) is 29.2 Å². The molecule has 1 fully saturated rings. The molecule has 0 spiro atoms. The van der Waals surface area contributed by atoms with Crippen molar-refractivity contribution in [1.82, 2.24) is 9.29 Å². The summed E-state index contributed by atoms with van der Waals surface area (Å²) in [7, 11) is -3.51. The van der Waals surface area contributed by atoms with E-state index in [-0.39, 0.29) is 16.6 Å². The number of benzene rings is 2. The van der Waals surface area contributed by atoms with Crippen molar-refractivity contribution in [3.05, 3.63) is 72.9 Å². The number of sulfonamides is 1. The maximum absolute atomic E-state index is 12.7. The van der Waals surface area contributed by atoms with Crippen molar-refractivity contribution in [3.63, 3.8) is 0 Å². The SMILES string of the molecule is O=C(CSc1ccc(S(=O)(=O)N2CCCCC2)cn1)Nc1ccccc1Oc1ccccc1. The highest BCUT2D eigenvalue weighted by molar-refractivity contribution is 7.99. The van der Waals surface area contributed by atoms with Crippen molar-refractivity contribution < 1.29 is 17.9 Å². The molecule has 2 heterocycles. The van der Waals surface area contributed by atoms with E-state index in [0.29, 0.717) is 35.3 Å². The first-order valence-electron chi connectivity index (χ1n) is 10.7. The molecule has 0 saturated carbocycles. The van der Waals surface area contributed by atoms with Crippen LogP contribution in [0.3, 0.4) is 0 Å². The number of ether oxygens (including phenoxy) is 1. The van der Waals surface area contributed by atoms with Crippen molar-refractivity contribution >= 4 is 33.4 Å². The Morgan fingerprint density at radius 2 is 1.70 bits per heavy atom. The number of thioether (sulfide) groups is 1. The van der Waals surface area contributed by atoms with Crippen LogP contribution in [0.4, 0.5) is 5.69 Å². The highest BCUT2D eigenvalue weighted by Gasteiger charge is 2.26. The Morgan fingerprint density at radius 1 is 0.970 bits per heavy atom. The smallest absolute Gasteiger partial charge is 0.244 e. The summed E-state index contributed by atoms with van der Waals surface area (Å²) in [5, 5.41) is 3.44. The number of piperidine rings is 1. The number of carbonyl (C=O) groups excluding carboxylic acids is 1. The first-order valence-corrected chi connectivity index (χ1v) is 13.2. The lowest BCUT2D eigenvalue weighted by Crippen LogP contribution is -2.35. The number of nitrogens with zero attached hydrogens (tertiary/aromatic N) is 2. The van der Waals surface area contributed by atoms with Gasteiger partial charge in [-0.15, -0.1) is 0 Å². The molecule has 1 aliphatic heterocycles. The third kappa shape index (κ3) is 6.13. The van der Waals surface area contributed by atoms with Crippen molar-refractivity contribution in [2.24, 2.45) is 0 Å². The summed E-state index contributed by atoms with van der Waals surface area (Å²) < 4.78 is 32.9. The van der Waals surface area contributed by atoms with E-state index < -0.39 is 10.0 Å². The third-order valence-electron chi connectivity index (χ3n) is 5.15. The van der Waals surface area contributed by atoms with Crippen LogP contribution in [0.5, 0.6) is 11.5 Å². The lowest BCUT2D eigenvalue weighted by atomic mass is 10.2. The van der Waals surface area contributed by atoms with Crippen molar-refractivity contribution in [3.8, 4) is 11.5 Å². The summed E-state index contributed by atoms with van der Waals surface area (Å²) in [4.78, 5) is 16.9. The molecule has 1 aromatic heterocycles. The van der Waals surface area contributed by atoms with Gasteiger partial charge < -0.3 is 10.1 Å². The summed E-state index contributed by atoms with van der Waals surface area (Å²) in [6.45, 7) is 1.10. The lowest BCUT2D eigenvalue weighted by molar-refractivity contribution is -0.113. The fraction of sp³-hybridized carbons (Fsp3) is 0.250. The van der Waals surface area contributed by atoms with E-state index in [0.717, 1.165) is 19.3 Å². The Labute approximate surface area is 198 Å². The fourth-order valence-corrected chi connectivity index (χ4v) is 5.56. The standard InChI is InChI=1S/C24H25N3O4S2/c28-23(26-21-11-5-6-12-22(21)31-19-9-3-1-4-10-19)18-32-24-14-13-20(17-25-24)33(29,30)27-15-7-2-8-16-27/h1,3-6,9-14,17H,2,7-8,15-16,18H2,(H,26,28). The molecule has 1 amide bonds. The van der Waals surface area contributed by atoms with Gasteiger partial charge in [-0.2, -0.15) is 4.31 Å². The van der Waals surface area contributed by atoms with Crippen LogP contribution in [0.2, 0.25) is 0 Å². The number of aromatic nitrogens is 1. The van der Waals surface area contributed by atoms with E-state index in [1.807, 2.05) is 42.5 Å². The molecule has 0 atom stereocenters. The molecule has 0 unspecified atom stereocenters. The van der Waals surface area contributed by atoms with Gasteiger partial charge in [0.25, 0.3) is 0 Å². The van der Waals surface area contributed by atoms with Gasteiger partial charge in [0.05, 0.1) is 16.5 Å². The predicted molar refractivity (Wildman–Crippen MR) is 129 cm³/mol. The van der Waals surface area contributed by atoms with Crippen LogP contribution >= 0.6 is 11.8 Å². The zero-order valence-corrected chi connectivity index (χ0v) is 19.6. The zero-order valence-electron chi connectivity index (χ0n) is 18.0. The molecule has 0 aliphatic carbocycles. The van der Waals surface area contributed by atoms with Gasteiger partial charge in [0, 0.05) is 19.3 Å². The van der Waals surface area contributed by atoms with Crippen LogP contribution in [0.25, 0.3) is 0 Å². The molecule has 1 N–H and O–H groups in total. The molecule has 0 bridgehead atoms. The van der Waals surface area contributed by atoms with Gasteiger partial charge in [0.1, 0.15) is 10.6 Å². The molecule has 7 nitrogen and oxygen atoms in total. The fourth-order valence-electron chi connectivity index (χ4n) is 3.46. The number of carbonyl (C=O) groups is 1. The molecule has 3 aromatic rings. The van der Waals surface area contributed by atoms with E-state index in [4.69, 9.17) is 4.74 Å². The van der Waals surface area contributed by atoms with Crippen LogP contribution in [-0.2, 0) is 14.8 Å². The van der Waals surface area contributed by atoms with Gasteiger partial charge in [-0.05, 0) is 49.2 Å². The van der Waals surface area contributed by atoms with E-state index in [9.17, 15) is 13.2 Å². The number of anilines is 1. The Balaban J connectivity index is 1.34. The Hall–Kier alpha value is -2.88. The summed E-state index contributed by atoms with van der Waals surface area (Å²) in [6, 6.07) is 19.8. The highest BCUT2D eigenvalue weighted by Crippen LogP contribution is 2.29. The molecule has 4 rings (SSSR count). The minimum atomic E-state index is -3.51. The number of pyridine rings is 1. The van der Waals surface area contributed by atoms with E-state index in [2.05, 4.69) is 10.3 Å². The minimum Gasteiger partial charge on any atom is -0.455 e. The zero-order chi connectivity index (χ0) is 23.1. The molecule has 172 valence electrons. The van der Waals surface area contributed by atoms with Gasteiger partial charge in [-0.25, -0.2) is 13.4 Å². The normalized spacial score (nSPS) is 14.5. The van der Waals surface area contributed by atoms with Crippen LogP contribution in [0, 0.1) is 0 Å². The molecular weight excluding hydrogens is 458 g/mol. The second-order valence-corrected chi connectivity index (χ2v) is 10.5. The summed E-state index contributed by atoms with van der Waals surface area (Å²) >= 11 is 1.24. The Morgan fingerprint density at radius 3 is 2.42 bits per heavy atom. The molecule has 9 heteroatoms. The third-order valence-corrected chi connectivity index (χ3v) is 7.97. The minimum absolute atomic E-state index is 0.130. The van der Waals surface area contributed by atoms with Gasteiger partial charge in [0.15, 0.2) is 5.75 Å². The molecule has 1 saturated heterocycles. The van der Waals surface area contributed by atoms with Crippen LogP contribution in [0.15, 0.2) is 82.8 Å². The number of nitrogens with one attached hydrogen (secondary N) is 1. The molecule has 2 aromatic carbocycles. The lowest BCUT2D eigenvalue weighted by Gasteiger charge is -2.25. The van der Waals surface area contributed by atoms with Crippen LogP contribution < -0.4 is 10.1 Å². The number of hydrogen-bond acceptors (Lipinski definition) is 6. The largest absolute Gasteiger partial charge is 0.455 e. The molecular formula is C24H25N3O4S2. The highest BCUT2D eigenvalue weighted by atomic mass is 32.2. The van der Waals surface area contributed by atoms with Gasteiger partial charge in [-0.3, -0.25) is 4.79 Å². The average Bonchev–Trinajstić information content (AvgIpc) is 2.85. The summed E-state index contributed by atoms with van der Waals surface area (Å²) in [5.74, 6) is 1.14. The van der Waals surface area contributed by atoms with Gasteiger partial charge >= 0.3 is 0 Å². The molecule has 33 heavy (non-hydrogen) atoms. The summed E-state index contributed by atoms with van der Waals surface area (Å²) in [5.41, 5.74) is 0.572. The number of hydrogen-bond donors (Lipinski definition) is 1. The second-order valence-electron chi connectivity index (χ2n) is 7.55. The van der Waals surface area contributed by atoms with E-state index in [1.54, 1.807) is 24.3 Å². The number of amides is 1. The van der Waals surface area contributed by atoms with Gasteiger partial charge in [-0.1, -0.05) is 48.5 Å².